The van der Waals surface area contributed by atoms with E-state index in [0.717, 1.165) is 0 Å². The van der Waals surface area contributed by atoms with Gasteiger partial charge in [-0.25, -0.2) is 0 Å². The average Bonchev–Trinajstić information content (AvgIpc) is 2.42. The monoisotopic (exact) mass is 276 g/mol. The van der Waals surface area contributed by atoms with E-state index in [0.29, 0.717) is 30.3 Å². The fourth-order valence-electron chi connectivity index (χ4n) is 1.87. The zero-order valence-corrected chi connectivity index (χ0v) is 11.3. The molecule has 0 aliphatic carbocycles. The first-order valence-electron chi connectivity index (χ1n) is 5.89. The molecule has 5 heteroatoms. The van der Waals surface area contributed by atoms with Crippen molar-refractivity contribution in [2.45, 2.75) is 6.92 Å². The third kappa shape index (κ3) is 2.88. The van der Waals surface area contributed by atoms with Gasteiger partial charge in [0.25, 0.3) is 0 Å². The molecule has 0 spiro atoms. The molecule has 19 heavy (non-hydrogen) atoms. The van der Waals surface area contributed by atoms with E-state index < -0.39 is 11.8 Å². The van der Waals surface area contributed by atoms with Crippen LogP contribution in [0.25, 0.3) is 0 Å². The minimum atomic E-state index is -0.522. The van der Waals surface area contributed by atoms with E-state index in [2.05, 4.69) is 11.8 Å². The molecular weight excluding hydrogens is 264 g/mol. The van der Waals surface area contributed by atoms with Crippen molar-refractivity contribution in [3.05, 3.63) is 29.3 Å². The molecule has 0 N–H and O–H groups in total. The molecule has 0 aromatic heterocycles. The van der Waals surface area contributed by atoms with Gasteiger partial charge in [0.05, 0.1) is 6.54 Å². The molecule has 1 aromatic carbocycles. The van der Waals surface area contributed by atoms with Crippen molar-refractivity contribution in [2.24, 2.45) is 0 Å². The van der Waals surface area contributed by atoms with E-state index >= 15 is 0 Å². The van der Waals surface area contributed by atoms with Gasteiger partial charge >= 0.3 is 11.8 Å². The number of carbonyl (C=O) groups excluding carboxylic acids is 2. The molecule has 0 radical (unpaired) electrons. The lowest BCUT2D eigenvalue weighted by atomic mass is 10.2. The molecule has 0 bridgehead atoms. The molecule has 0 saturated carbocycles. The Bertz CT molecular complexity index is 557. The number of nitrogens with zero attached hydrogens (tertiary/aromatic N) is 2. The summed E-state index contributed by atoms with van der Waals surface area (Å²) in [4.78, 5) is 26.9. The number of anilines is 1. The summed E-state index contributed by atoms with van der Waals surface area (Å²) in [6.07, 6.45) is 0. The van der Waals surface area contributed by atoms with Gasteiger partial charge in [-0.15, -0.1) is 5.92 Å². The van der Waals surface area contributed by atoms with Gasteiger partial charge in [0.15, 0.2) is 0 Å². The maximum Gasteiger partial charge on any atom is 0.316 e. The van der Waals surface area contributed by atoms with Gasteiger partial charge in [-0.1, -0.05) is 17.5 Å². The summed E-state index contributed by atoms with van der Waals surface area (Å²) < 4.78 is 0. The van der Waals surface area contributed by atoms with Gasteiger partial charge in [0, 0.05) is 23.8 Å². The van der Waals surface area contributed by atoms with Crippen LogP contribution in [0.3, 0.4) is 0 Å². The second-order valence-corrected chi connectivity index (χ2v) is 4.52. The van der Waals surface area contributed by atoms with Crippen LogP contribution in [0.1, 0.15) is 6.92 Å². The Morgan fingerprint density at radius 2 is 1.84 bits per heavy atom. The molecule has 2 rings (SSSR count). The number of piperazine rings is 1. The number of hydrogen-bond donors (Lipinski definition) is 0. The van der Waals surface area contributed by atoms with E-state index in [4.69, 9.17) is 11.6 Å². The molecule has 0 atom stereocenters. The smallest absolute Gasteiger partial charge is 0.316 e. The fourth-order valence-corrected chi connectivity index (χ4v) is 1.99. The van der Waals surface area contributed by atoms with Crippen LogP contribution >= 0.6 is 11.6 Å². The zero-order chi connectivity index (χ0) is 13.8. The zero-order valence-electron chi connectivity index (χ0n) is 10.5. The normalized spacial score (nSPS) is 15.3. The van der Waals surface area contributed by atoms with E-state index in [1.807, 2.05) is 0 Å². The summed E-state index contributed by atoms with van der Waals surface area (Å²) in [6, 6.07) is 6.86. The van der Waals surface area contributed by atoms with Gasteiger partial charge in [-0.05, 0) is 31.2 Å². The van der Waals surface area contributed by atoms with Crippen LogP contribution in [0.2, 0.25) is 5.02 Å². The van der Waals surface area contributed by atoms with Gasteiger partial charge in [-0.2, -0.15) is 0 Å². The fraction of sp³-hybridized carbons (Fsp3) is 0.286. The highest BCUT2D eigenvalue weighted by Crippen LogP contribution is 2.20. The SMILES string of the molecule is CC#CCN1CCN(c2ccc(Cl)cc2)C(=O)C1=O. The van der Waals surface area contributed by atoms with Crippen molar-refractivity contribution in [3.8, 4) is 11.8 Å². The number of benzene rings is 1. The van der Waals surface area contributed by atoms with Crippen LogP contribution in [0, 0.1) is 11.8 Å². The van der Waals surface area contributed by atoms with Crippen molar-refractivity contribution in [2.75, 3.05) is 24.5 Å². The van der Waals surface area contributed by atoms with Crippen LogP contribution in [0.4, 0.5) is 5.69 Å². The highest BCUT2D eigenvalue weighted by molar-refractivity contribution is 6.41. The van der Waals surface area contributed by atoms with Crippen molar-refractivity contribution >= 4 is 29.1 Å². The minimum Gasteiger partial charge on any atom is -0.321 e. The first kappa shape index (κ1) is 13.4. The lowest BCUT2D eigenvalue weighted by molar-refractivity contribution is -0.145. The number of rotatable bonds is 2. The number of hydrogen-bond acceptors (Lipinski definition) is 2. The molecule has 1 aliphatic rings. The summed E-state index contributed by atoms with van der Waals surface area (Å²) in [6.45, 7) is 2.96. The van der Waals surface area contributed by atoms with Crippen LogP contribution in [-0.2, 0) is 9.59 Å². The molecule has 0 unspecified atom stereocenters. The molecule has 98 valence electrons. The standard InChI is InChI=1S/C14H13ClN2O2/c1-2-3-8-16-9-10-17(14(19)13(16)18)12-6-4-11(15)5-7-12/h4-7H,8-10H2,1H3. The third-order valence-electron chi connectivity index (χ3n) is 2.89. The Hall–Kier alpha value is -1.99. The van der Waals surface area contributed by atoms with Crippen molar-refractivity contribution in [1.29, 1.82) is 0 Å². The topological polar surface area (TPSA) is 40.6 Å². The van der Waals surface area contributed by atoms with E-state index in [1.165, 1.54) is 9.80 Å². The van der Waals surface area contributed by atoms with Gasteiger partial charge < -0.3 is 9.80 Å². The molecule has 1 aromatic rings. The Kier molecular flexibility index (Phi) is 4.08. The molecule has 1 fully saturated rings. The number of amides is 2. The van der Waals surface area contributed by atoms with Crippen LogP contribution < -0.4 is 4.90 Å². The lowest BCUT2D eigenvalue weighted by Crippen LogP contribution is -2.54. The molecule has 2 amide bonds. The van der Waals surface area contributed by atoms with Gasteiger partial charge in [0.1, 0.15) is 0 Å². The summed E-state index contributed by atoms with van der Waals surface area (Å²) in [5.41, 5.74) is 0.684. The maximum absolute atomic E-state index is 12.0. The molecule has 1 heterocycles. The number of halogens is 1. The maximum atomic E-state index is 12.0. The Balaban J connectivity index is 2.14. The van der Waals surface area contributed by atoms with Crippen molar-refractivity contribution < 1.29 is 9.59 Å². The molecule has 1 aliphatic heterocycles. The third-order valence-corrected chi connectivity index (χ3v) is 3.15. The van der Waals surface area contributed by atoms with E-state index in [-0.39, 0.29) is 0 Å². The van der Waals surface area contributed by atoms with Gasteiger partial charge in [0.2, 0.25) is 0 Å². The summed E-state index contributed by atoms with van der Waals surface area (Å²) >= 11 is 5.80. The van der Waals surface area contributed by atoms with Crippen LogP contribution in [0.15, 0.2) is 24.3 Å². The van der Waals surface area contributed by atoms with E-state index in [9.17, 15) is 9.59 Å². The quantitative estimate of drug-likeness (QED) is 0.607. The molecular formula is C14H13ClN2O2. The first-order chi connectivity index (χ1) is 9.13. The molecule has 4 nitrogen and oxygen atoms in total. The van der Waals surface area contributed by atoms with E-state index in [1.54, 1.807) is 31.2 Å². The lowest BCUT2D eigenvalue weighted by Gasteiger charge is -2.32. The average molecular weight is 277 g/mol. The predicted octanol–water partition coefficient (Wildman–Crippen LogP) is 1.54. The predicted molar refractivity (Wildman–Crippen MR) is 73.8 cm³/mol. The Labute approximate surface area is 116 Å². The second kappa shape index (κ2) is 5.77. The summed E-state index contributed by atoms with van der Waals surface area (Å²) in [5.74, 6) is 4.48. The van der Waals surface area contributed by atoms with Gasteiger partial charge in [-0.3, -0.25) is 9.59 Å². The Morgan fingerprint density at radius 1 is 1.16 bits per heavy atom. The highest BCUT2D eigenvalue weighted by Gasteiger charge is 2.32. The molecule has 1 saturated heterocycles. The first-order valence-corrected chi connectivity index (χ1v) is 6.27. The Morgan fingerprint density at radius 3 is 2.47 bits per heavy atom. The number of carbonyl (C=O) groups is 2. The van der Waals surface area contributed by atoms with Crippen molar-refractivity contribution in [1.82, 2.24) is 4.90 Å². The summed E-state index contributed by atoms with van der Waals surface area (Å²) in [5, 5.41) is 0.597. The largest absolute Gasteiger partial charge is 0.321 e. The van der Waals surface area contributed by atoms with Crippen LogP contribution in [0.5, 0.6) is 0 Å². The van der Waals surface area contributed by atoms with Crippen LogP contribution in [-0.4, -0.2) is 36.3 Å². The summed E-state index contributed by atoms with van der Waals surface area (Å²) in [7, 11) is 0. The second-order valence-electron chi connectivity index (χ2n) is 4.09. The van der Waals surface area contributed by atoms with Crippen molar-refractivity contribution in [3.63, 3.8) is 0 Å². The minimum absolute atomic E-state index is 0.301. The highest BCUT2D eigenvalue weighted by atomic mass is 35.5.